The molecule has 6 nitrogen and oxygen atoms in total. The number of hydrogen-bond donors (Lipinski definition) is 3. The number of anilines is 1. The number of hydrogen-bond acceptors (Lipinski definition) is 4. The maximum absolute atomic E-state index is 11.5. The first kappa shape index (κ1) is 11.3. The van der Waals surface area contributed by atoms with Crippen LogP contribution in [0.15, 0.2) is 17.0 Å². The fourth-order valence-corrected chi connectivity index (χ4v) is 2.70. The van der Waals surface area contributed by atoms with Crippen molar-refractivity contribution >= 4 is 33.2 Å². The number of amides is 1. The van der Waals surface area contributed by atoms with Gasteiger partial charge in [0.2, 0.25) is 5.91 Å². The van der Waals surface area contributed by atoms with Gasteiger partial charge < -0.3 is 5.32 Å². The van der Waals surface area contributed by atoms with E-state index in [0.717, 1.165) is 0 Å². The van der Waals surface area contributed by atoms with Gasteiger partial charge in [-0.3, -0.25) is 10.6 Å². The maximum Gasteiger partial charge on any atom is 0.254 e. The van der Waals surface area contributed by atoms with Crippen LogP contribution in [-0.2, 0) is 21.2 Å². The highest BCUT2D eigenvalue weighted by Gasteiger charge is 2.24. The Hall–Kier alpha value is -1.15. The van der Waals surface area contributed by atoms with Crippen molar-refractivity contribution in [1.29, 1.82) is 0 Å². The average Bonchev–Trinajstić information content (AvgIpc) is 2.56. The third kappa shape index (κ3) is 1.78. The van der Waals surface area contributed by atoms with E-state index < -0.39 is 10.0 Å². The molecular formula is C8H8ClN3O3S. The van der Waals surface area contributed by atoms with Crippen LogP contribution in [0, 0.1) is 0 Å². The average molecular weight is 262 g/mol. The highest BCUT2D eigenvalue weighted by atomic mass is 35.5. The van der Waals surface area contributed by atoms with Gasteiger partial charge in [-0.15, -0.1) is 0 Å². The highest BCUT2D eigenvalue weighted by molar-refractivity contribution is 7.89. The van der Waals surface area contributed by atoms with Gasteiger partial charge in [0.25, 0.3) is 10.0 Å². The third-order valence-corrected chi connectivity index (χ3v) is 3.88. The van der Waals surface area contributed by atoms with Gasteiger partial charge in [-0.1, -0.05) is 11.6 Å². The maximum atomic E-state index is 11.5. The molecule has 1 aliphatic rings. The molecule has 16 heavy (non-hydrogen) atoms. The first-order valence-electron chi connectivity index (χ1n) is 4.29. The van der Waals surface area contributed by atoms with E-state index in [1.807, 2.05) is 0 Å². The van der Waals surface area contributed by atoms with Crippen molar-refractivity contribution in [1.82, 2.24) is 4.83 Å². The van der Waals surface area contributed by atoms with Crippen molar-refractivity contribution in [3.05, 3.63) is 22.7 Å². The van der Waals surface area contributed by atoms with Crippen LogP contribution in [-0.4, -0.2) is 14.3 Å². The minimum Gasteiger partial charge on any atom is -0.325 e. The van der Waals surface area contributed by atoms with Crippen LogP contribution in [0.5, 0.6) is 0 Å². The standard InChI is InChI=1S/C8H8ClN3O3S/c9-5-3-6-4(2-8(13)11-6)1-7(5)16(14,15)12-10/h1,3,12H,2,10H2,(H,11,13). The molecule has 0 bridgehead atoms. The number of rotatable bonds is 2. The van der Waals surface area contributed by atoms with Crippen LogP contribution >= 0.6 is 11.6 Å². The SMILES string of the molecule is NNS(=O)(=O)c1cc2c(cc1Cl)NC(=O)C2. The second-order valence-electron chi connectivity index (χ2n) is 3.29. The molecule has 86 valence electrons. The first-order chi connectivity index (χ1) is 7.44. The van der Waals surface area contributed by atoms with E-state index in [0.29, 0.717) is 11.3 Å². The van der Waals surface area contributed by atoms with Gasteiger partial charge >= 0.3 is 0 Å². The van der Waals surface area contributed by atoms with Crippen LogP contribution < -0.4 is 16.0 Å². The second kappa shape index (κ2) is 3.70. The molecule has 4 N–H and O–H groups in total. The van der Waals surface area contributed by atoms with Crippen molar-refractivity contribution in [2.45, 2.75) is 11.3 Å². The van der Waals surface area contributed by atoms with E-state index >= 15 is 0 Å². The van der Waals surface area contributed by atoms with Crippen molar-refractivity contribution in [3.8, 4) is 0 Å². The summed E-state index contributed by atoms with van der Waals surface area (Å²) in [6.45, 7) is 0. The molecular weight excluding hydrogens is 254 g/mol. The quantitative estimate of drug-likeness (QED) is 0.515. The zero-order chi connectivity index (χ0) is 11.9. The Morgan fingerprint density at radius 2 is 2.12 bits per heavy atom. The van der Waals surface area contributed by atoms with Crippen molar-refractivity contribution in [2.24, 2.45) is 5.84 Å². The second-order valence-corrected chi connectivity index (χ2v) is 5.38. The van der Waals surface area contributed by atoms with Gasteiger partial charge in [0.05, 0.1) is 11.4 Å². The number of hydrazine groups is 1. The molecule has 0 atom stereocenters. The van der Waals surface area contributed by atoms with E-state index in [2.05, 4.69) is 5.32 Å². The molecule has 1 amide bonds. The Labute approximate surface area is 96.8 Å². The summed E-state index contributed by atoms with van der Waals surface area (Å²) in [4.78, 5) is 12.6. The summed E-state index contributed by atoms with van der Waals surface area (Å²) in [6.07, 6.45) is 0.138. The van der Waals surface area contributed by atoms with Crippen molar-refractivity contribution in [3.63, 3.8) is 0 Å². The van der Waals surface area contributed by atoms with E-state index in [4.69, 9.17) is 17.4 Å². The van der Waals surface area contributed by atoms with Crippen LogP contribution in [0.4, 0.5) is 5.69 Å². The Balaban J connectivity index is 2.60. The predicted molar refractivity (Wildman–Crippen MR) is 58.3 cm³/mol. The molecule has 1 aromatic carbocycles. The number of carbonyl (C=O) groups is 1. The number of carbonyl (C=O) groups excluding carboxylic acids is 1. The largest absolute Gasteiger partial charge is 0.325 e. The predicted octanol–water partition coefficient (Wildman–Crippen LogP) is -0.0134. The van der Waals surface area contributed by atoms with E-state index in [9.17, 15) is 13.2 Å². The summed E-state index contributed by atoms with van der Waals surface area (Å²) in [7, 11) is -3.81. The van der Waals surface area contributed by atoms with Gasteiger partial charge in [0.1, 0.15) is 4.90 Å². The molecule has 1 heterocycles. The molecule has 1 aromatic rings. The molecule has 0 spiro atoms. The minimum atomic E-state index is -3.81. The Morgan fingerprint density at radius 3 is 2.75 bits per heavy atom. The molecule has 0 aliphatic carbocycles. The smallest absolute Gasteiger partial charge is 0.254 e. The zero-order valence-corrected chi connectivity index (χ0v) is 9.52. The lowest BCUT2D eigenvalue weighted by Gasteiger charge is -2.07. The van der Waals surface area contributed by atoms with Crippen molar-refractivity contribution in [2.75, 3.05) is 5.32 Å². The lowest BCUT2D eigenvalue weighted by molar-refractivity contribution is -0.115. The van der Waals surface area contributed by atoms with Gasteiger partial charge in [-0.2, -0.15) is 4.83 Å². The van der Waals surface area contributed by atoms with Gasteiger partial charge in [0, 0.05) is 5.69 Å². The van der Waals surface area contributed by atoms with E-state index in [1.54, 1.807) is 4.83 Å². The fourth-order valence-electron chi connectivity index (χ4n) is 1.49. The summed E-state index contributed by atoms with van der Waals surface area (Å²) in [5.41, 5.74) is 1.12. The molecule has 1 aliphatic heterocycles. The minimum absolute atomic E-state index is 0.0129. The Morgan fingerprint density at radius 1 is 1.44 bits per heavy atom. The first-order valence-corrected chi connectivity index (χ1v) is 6.15. The number of sulfonamides is 1. The van der Waals surface area contributed by atoms with E-state index in [1.165, 1.54) is 12.1 Å². The summed E-state index contributed by atoms with van der Waals surface area (Å²) < 4.78 is 23.0. The summed E-state index contributed by atoms with van der Waals surface area (Å²) in [5, 5.41) is 2.58. The lowest BCUT2D eigenvalue weighted by Crippen LogP contribution is -2.30. The third-order valence-electron chi connectivity index (χ3n) is 2.23. The van der Waals surface area contributed by atoms with Gasteiger partial charge in [0.15, 0.2) is 0 Å². The summed E-state index contributed by atoms with van der Waals surface area (Å²) >= 11 is 5.79. The normalized spacial score (nSPS) is 14.8. The number of benzene rings is 1. The number of fused-ring (bicyclic) bond motifs is 1. The highest BCUT2D eigenvalue weighted by Crippen LogP contribution is 2.31. The molecule has 0 radical (unpaired) electrons. The molecule has 0 unspecified atom stereocenters. The lowest BCUT2D eigenvalue weighted by atomic mass is 10.2. The van der Waals surface area contributed by atoms with E-state index in [-0.39, 0.29) is 22.2 Å². The number of nitrogens with two attached hydrogens (primary N) is 1. The summed E-state index contributed by atoms with van der Waals surface area (Å²) in [5.74, 6) is 4.71. The van der Waals surface area contributed by atoms with Crippen molar-refractivity contribution < 1.29 is 13.2 Å². The van der Waals surface area contributed by atoms with Crippen LogP contribution in [0.25, 0.3) is 0 Å². The molecule has 0 saturated carbocycles. The number of nitrogens with one attached hydrogen (secondary N) is 2. The molecule has 8 heteroatoms. The monoisotopic (exact) mass is 261 g/mol. The molecule has 2 rings (SSSR count). The summed E-state index contributed by atoms with van der Waals surface area (Å²) in [6, 6.07) is 2.73. The molecule has 0 saturated heterocycles. The molecule has 0 fully saturated rings. The van der Waals surface area contributed by atoms with Crippen LogP contribution in [0.3, 0.4) is 0 Å². The van der Waals surface area contributed by atoms with Gasteiger partial charge in [-0.25, -0.2) is 8.42 Å². The Bertz CT molecular complexity index is 570. The van der Waals surface area contributed by atoms with Crippen LogP contribution in [0.1, 0.15) is 5.56 Å². The zero-order valence-electron chi connectivity index (χ0n) is 7.95. The number of halogens is 1. The Kier molecular flexibility index (Phi) is 2.62. The molecule has 0 aromatic heterocycles. The fraction of sp³-hybridized carbons (Fsp3) is 0.125. The van der Waals surface area contributed by atoms with Gasteiger partial charge in [-0.05, 0) is 17.7 Å². The topological polar surface area (TPSA) is 101 Å². The van der Waals surface area contributed by atoms with Crippen LogP contribution in [0.2, 0.25) is 5.02 Å².